The predicted molar refractivity (Wildman–Crippen MR) is 95.9 cm³/mol. The molecule has 0 aromatic heterocycles. The van der Waals surface area contributed by atoms with Crippen LogP contribution in [-0.4, -0.2) is 26.4 Å². The first kappa shape index (κ1) is 19.5. The van der Waals surface area contributed by atoms with E-state index >= 15 is 0 Å². The van der Waals surface area contributed by atoms with Crippen molar-refractivity contribution in [1.82, 2.24) is 10.0 Å². The van der Waals surface area contributed by atoms with Gasteiger partial charge >= 0.3 is 0 Å². The summed E-state index contributed by atoms with van der Waals surface area (Å²) in [7, 11) is -3.93. The van der Waals surface area contributed by atoms with E-state index < -0.39 is 16.1 Å². The van der Waals surface area contributed by atoms with Crippen LogP contribution in [-0.2, 0) is 14.8 Å². The molecule has 0 saturated heterocycles. The third-order valence-corrected chi connectivity index (χ3v) is 6.37. The minimum absolute atomic E-state index is 0.0586. The van der Waals surface area contributed by atoms with Crippen molar-refractivity contribution in [3.05, 3.63) is 28.2 Å². The molecule has 134 valence electrons. The first-order valence-electron chi connectivity index (χ1n) is 8.07. The van der Waals surface area contributed by atoms with Gasteiger partial charge in [0, 0.05) is 11.1 Å². The summed E-state index contributed by atoms with van der Waals surface area (Å²) < 4.78 is 27.2. The standard InChI is InChI=1S/C16H22Cl2N2O3S/c1-11(16(21)19-13-6-4-2-3-5-7-13)20-24(22,23)15-10-12(17)8-9-14(15)18/h8-11,13,20H,2-7H2,1H3,(H,19,21)/t11-/m1/s1. The van der Waals surface area contributed by atoms with Crippen molar-refractivity contribution < 1.29 is 13.2 Å². The molecule has 1 saturated carbocycles. The first-order chi connectivity index (χ1) is 11.3. The summed E-state index contributed by atoms with van der Waals surface area (Å²) >= 11 is 11.8. The zero-order chi connectivity index (χ0) is 17.7. The van der Waals surface area contributed by atoms with Crippen molar-refractivity contribution in [3.8, 4) is 0 Å². The number of benzene rings is 1. The van der Waals surface area contributed by atoms with Gasteiger partial charge in [-0.2, -0.15) is 4.72 Å². The van der Waals surface area contributed by atoms with Crippen LogP contribution in [0.2, 0.25) is 10.0 Å². The van der Waals surface area contributed by atoms with Crippen LogP contribution in [0.5, 0.6) is 0 Å². The zero-order valence-corrected chi connectivity index (χ0v) is 15.8. The molecule has 0 bridgehead atoms. The number of hydrogen-bond donors (Lipinski definition) is 2. The van der Waals surface area contributed by atoms with E-state index in [1.807, 2.05) is 0 Å². The molecule has 1 atom stereocenters. The van der Waals surface area contributed by atoms with Crippen LogP contribution in [0.1, 0.15) is 45.4 Å². The van der Waals surface area contributed by atoms with Gasteiger partial charge in [-0.15, -0.1) is 0 Å². The maximum Gasteiger partial charge on any atom is 0.242 e. The summed E-state index contributed by atoms with van der Waals surface area (Å²) in [6.07, 6.45) is 6.41. The van der Waals surface area contributed by atoms with E-state index in [0.717, 1.165) is 25.7 Å². The number of nitrogens with one attached hydrogen (secondary N) is 2. The number of halogens is 2. The number of carbonyl (C=O) groups excluding carboxylic acids is 1. The molecule has 0 heterocycles. The fourth-order valence-electron chi connectivity index (χ4n) is 2.78. The first-order valence-corrected chi connectivity index (χ1v) is 10.3. The lowest BCUT2D eigenvalue weighted by Crippen LogP contribution is -2.47. The summed E-state index contributed by atoms with van der Waals surface area (Å²) in [5, 5.41) is 3.25. The number of carbonyl (C=O) groups is 1. The van der Waals surface area contributed by atoms with Gasteiger partial charge in [0.2, 0.25) is 15.9 Å². The van der Waals surface area contributed by atoms with Crippen molar-refractivity contribution in [1.29, 1.82) is 0 Å². The van der Waals surface area contributed by atoms with E-state index in [0.29, 0.717) is 0 Å². The Morgan fingerprint density at radius 1 is 1.17 bits per heavy atom. The summed E-state index contributed by atoms with van der Waals surface area (Å²) in [4.78, 5) is 12.2. The molecule has 1 aliphatic rings. The minimum Gasteiger partial charge on any atom is -0.352 e. The number of sulfonamides is 1. The Balaban J connectivity index is 2.02. The highest BCUT2D eigenvalue weighted by atomic mass is 35.5. The molecule has 0 aliphatic heterocycles. The van der Waals surface area contributed by atoms with Gasteiger partial charge in [-0.3, -0.25) is 4.79 Å². The van der Waals surface area contributed by atoms with Crippen LogP contribution in [0.4, 0.5) is 0 Å². The van der Waals surface area contributed by atoms with E-state index in [9.17, 15) is 13.2 Å². The van der Waals surface area contributed by atoms with Crippen LogP contribution in [0.3, 0.4) is 0 Å². The minimum atomic E-state index is -3.93. The highest BCUT2D eigenvalue weighted by Crippen LogP contribution is 2.25. The molecule has 0 radical (unpaired) electrons. The lowest BCUT2D eigenvalue weighted by Gasteiger charge is -2.20. The van der Waals surface area contributed by atoms with Gasteiger partial charge in [0.25, 0.3) is 0 Å². The van der Waals surface area contributed by atoms with E-state index in [4.69, 9.17) is 23.2 Å². The van der Waals surface area contributed by atoms with Crippen molar-refractivity contribution in [2.75, 3.05) is 0 Å². The molecule has 1 aromatic carbocycles. The van der Waals surface area contributed by atoms with Crippen LogP contribution in [0, 0.1) is 0 Å². The van der Waals surface area contributed by atoms with E-state index in [1.54, 1.807) is 0 Å². The van der Waals surface area contributed by atoms with Crippen LogP contribution in [0.15, 0.2) is 23.1 Å². The summed E-state index contributed by atoms with van der Waals surface area (Å²) in [5.74, 6) is -0.330. The predicted octanol–water partition coefficient (Wildman–Crippen LogP) is 3.50. The molecule has 1 aromatic rings. The van der Waals surface area contributed by atoms with Gasteiger partial charge in [0.15, 0.2) is 0 Å². The van der Waals surface area contributed by atoms with Crippen molar-refractivity contribution in [2.24, 2.45) is 0 Å². The molecule has 24 heavy (non-hydrogen) atoms. The molecule has 1 fully saturated rings. The van der Waals surface area contributed by atoms with E-state index in [2.05, 4.69) is 10.0 Å². The molecule has 2 rings (SSSR count). The number of amides is 1. The fraction of sp³-hybridized carbons (Fsp3) is 0.562. The van der Waals surface area contributed by atoms with Gasteiger partial charge in [0.05, 0.1) is 11.1 Å². The van der Waals surface area contributed by atoms with Crippen molar-refractivity contribution in [3.63, 3.8) is 0 Å². The Bertz CT molecular complexity index is 687. The number of hydrogen-bond acceptors (Lipinski definition) is 3. The third-order valence-electron chi connectivity index (χ3n) is 4.11. The fourth-order valence-corrected chi connectivity index (χ4v) is 4.75. The smallest absolute Gasteiger partial charge is 0.242 e. The lowest BCUT2D eigenvalue weighted by atomic mass is 10.1. The molecule has 1 amide bonds. The Labute approximate surface area is 153 Å². The SMILES string of the molecule is C[C@@H](NS(=O)(=O)c1cc(Cl)ccc1Cl)C(=O)NC1CCCCCC1. The van der Waals surface area contributed by atoms with Crippen LogP contribution >= 0.6 is 23.2 Å². The monoisotopic (exact) mass is 392 g/mol. The van der Waals surface area contributed by atoms with Crippen LogP contribution < -0.4 is 10.0 Å². The second kappa shape index (κ2) is 8.52. The number of rotatable bonds is 5. The van der Waals surface area contributed by atoms with Gasteiger partial charge in [0.1, 0.15) is 4.90 Å². The van der Waals surface area contributed by atoms with Crippen molar-refractivity contribution >= 4 is 39.1 Å². The lowest BCUT2D eigenvalue weighted by molar-refractivity contribution is -0.123. The van der Waals surface area contributed by atoms with Gasteiger partial charge in [-0.25, -0.2) is 8.42 Å². The molecular formula is C16H22Cl2N2O3S. The second-order valence-corrected chi connectivity index (χ2v) is 8.64. The van der Waals surface area contributed by atoms with Gasteiger partial charge in [-0.05, 0) is 38.0 Å². The molecule has 1 aliphatic carbocycles. The molecular weight excluding hydrogens is 371 g/mol. The van der Waals surface area contributed by atoms with E-state index in [1.165, 1.54) is 38.0 Å². The molecule has 0 spiro atoms. The molecule has 8 heteroatoms. The summed E-state index contributed by atoms with van der Waals surface area (Å²) in [6.45, 7) is 1.52. The topological polar surface area (TPSA) is 75.3 Å². The Hall–Kier alpha value is -0.820. The highest BCUT2D eigenvalue weighted by Gasteiger charge is 2.26. The van der Waals surface area contributed by atoms with Gasteiger partial charge < -0.3 is 5.32 Å². The normalized spacial score (nSPS) is 18.0. The van der Waals surface area contributed by atoms with Crippen LogP contribution in [0.25, 0.3) is 0 Å². The largest absolute Gasteiger partial charge is 0.352 e. The average molecular weight is 393 g/mol. The maximum absolute atomic E-state index is 12.4. The Kier molecular flexibility index (Phi) is 6.92. The molecule has 2 N–H and O–H groups in total. The average Bonchev–Trinajstić information content (AvgIpc) is 2.77. The molecule has 0 unspecified atom stereocenters. The van der Waals surface area contributed by atoms with Gasteiger partial charge in [-0.1, -0.05) is 48.9 Å². The van der Waals surface area contributed by atoms with Crippen molar-refractivity contribution in [2.45, 2.75) is 62.4 Å². The maximum atomic E-state index is 12.4. The Morgan fingerprint density at radius 3 is 2.42 bits per heavy atom. The Morgan fingerprint density at radius 2 is 1.79 bits per heavy atom. The summed E-state index contributed by atoms with van der Waals surface area (Å²) in [6, 6.07) is 3.40. The zero-order valence-electron chi connectivity index (χ0n) is 13.5. The second-order valence-electron chi connectivity index (χ2n) is 6.11. The summed E-state index contributed by atoms with van der Waals surface area (Å²) in [5.41, 5.74) is 0. The molecule has 5 nitrogen and oxygen atoms in total. The third kappa shape index (κ3) is 5.34. The van der Waals surface area contributed by atoms with E-state index in [-0.39, 0.29) is 26.9 Å². The highest BCUT2D eigenvalue weighted by molar-refractivity contribution is 7.89. The quantitative estimate of drug-likeness (QED) is 0.752.